The molecule has 0 bridgehead atoms. The van der Waals surface area contributed by atoms with E-state index in [4.69, 9.17) is 26.8 Å². The molecule has 2 N–H and O–H groups in total. The lowest BCUT2D eigenvalue weighted by Crippen LogP contribution is -2.12. The monoisotopic (exact) mass is 283 g/mol. The molecule has 1 aliphatic rings. The van der Waals surface area contributed by atoms with Crippen molar-refractivity contribution in [3.8, 4) is 11.5 Å². The fourth-order valence-electron chi connectivity index (χ4n) is 2.15. The minimum absolute atomic E-state index is 0.0490. The van der Waals surface area contributed by atoms with Gasteiger partial charge in [0.05, 0.1) is 13.2 Å². The Kier molecular flexibility index (Phi) is 4.94. The zero-order valence-corrected chi connectivity index (χ0v) is 12.4. The smallest absolute Gasteiger partial charge is 0.162 e. The van der Waals surface area contributed by atoms with Crippen LogP contribution in [0.4, 0.5) is 0 Å². The summed E-state index contributed by atoms with van der Waals surface area (Å²) in [7, 11) is 0. The summed E-state index contributed by atoms with van der Waals surface area (Å²) in [6, 6.07) is 3.72. The van der Waals surface area contributed by atoms with Crippen LogP contribution in [0.15, 0.2) is 12.1 Å². The molecule has 1 aromatic carbocycles. The minimum Gasteiger partial charge on any atom is -0.490 e. The Morgan fingerprint density at radius 2 is 1.79 bits per heavy atom. The molecule has 1 aromatic rings. The molecule has 19 heavy (non-hydrogen) atoms. The van der Waals surface area contributed by atoms with E-state index in [-0.39, 0.29) is 6.04 Å². The van der Waals surface area contributed by atoms with Crippen molar-refractivity contribution < 1.29 is 9.47 Å². The van der Waals surface area contributed by atoms with Crippen molar-refractivity contribution in [1.29, 1.82) is 0 Å². The lowest BCUT2D eigenvalue weighted by atomic mass is 9.98. The average Bonchev–Trinajstić information content (AvgIpc) is 2.59. The van der Waals surface area contributed by atoms with Crippen LogP contribution in [-0.2, 0) is 0 Å². The second-order valence-corrected chi connectivity index (χ2v) is 5.86. The molecule has 1 atom stereocenters. The predicted octanol–water partition coefficient (Wildman–Crippen LogP) is 3.94. The molecule has 0 aliphatic carbocycles. The highest BCUT2D eigenvalue weighted by Gasteiger charge is 2.18. The predicted molar refractivity (Wildman–Crippen MR) is 78.1 cm³/mol. The molecule has 2 rings (SSSR count). The van der Waals surface area contributed by atoms with Crippen LogP contribution < -0.4 is 15.2 Å². The van der Waals surface area contributed by atoms with Gasteiger partial charge in [-0.3, -0.25) is 0 Å². The summed E-state index contributed by atoms with van der Waals surface area (Å²) < 4.78 is 11.3. The first-order valence-corrected chi connectivity index (χ1v) is 7.30. The van der Waals surface area contributed by atoms with E-state index >= 15 is 0 Å². The van der Waals surface area contributed by atoms with Gasteiger partial charge in [0, 0.05) is 23.6 Å². The maximum absolute atomic E-state index is 6.31. The van der Waals surface area contributed by atoms with E-state index in [0.29, 0.717) is 24.2 Å². The molecule has 0 amide bonds. The van der Waals surface area contributed by atoms with Gasteiger partial charge in [0.25, 0.3) is 0 Å². The molecule has 0 radical (unpaired) electrons. The lowest BCUT2D eigenvalue weighted by molar-refractivity contribution is 0.297. The van der Waals surface area contributed by atoms with Crippen LogP contribution in [0, 0.1) is 5.92 Å². The number of halogens is 1. The van der Waals surface area contributed by atoms with E-state index in [2.05, 4.69) is 13.8 Å². The number of benzene rings is 1. The second kappa shape index (κ2) is 6.49. The first-order chi connectivity index (χ1) is 9.08. The summed E-state index contributed by atoms with van der Waals surface area (Å²) in [6.45, 7) is 5.74. The molecule has 0 spiro atoms. The van der Waals surface area contributed by atoms with Gasteiger partial charge in [-0.05, 0) is 30.4 Å². The number of hydrogen-bond donors (Lipinski definition) is 1. The standard InChI is InChI=1S/C15H22ClNO2/c1-10(2)4-5-13(17)11-8-14-15(9-12(11)16)19-7-3-6-18-14/h8-10,13H,3-7,17H2,1-2H3. The summed E-state index contributed by atoms with van der Waals surface area (Å²) in [5.41, 5.74) is 7.19. The first kappa shape index (κ1) is 14.5. The highest BCUT2D eigenvalue weighted by Crippen LogP contribution is 2.37. The average molecular weight is 284 g/mol. The number of ether oxygens (including phenoxy) is 2. The van der Waals surface area contributed by atoms with E-state index in [1.807, 2.05) is 12.1 Å². The van der Waals surface area contributed by atoms with E-state index in [9.17, 15) is 0 Å². The summed E-state index contributed by atoms with van der Waals surface area (Å²) in [5, 5.41) is 0.667. The maximum Gasteiger partial charge on any atom is 0.162 e. The lowest BCUT2D eigenvalue weighted by Gasteiger charge is -2.17. The third-order valence-corrected chi connectivity index (χ3v) is 3.65. The van der Waals surface area contributed by atoms with Gasteiger partial charge in [-0.25, -0.2) is 0 Å². The Balaban J connectivity index is 2.18. The summed E-state index contributed by atoms with van der Waals surface area (Å²) >= 11 is 6.31. The molecule has 4 heteroatoms. The molecule has 3 nitrogen and oxygen atoms in total. The van der Waals surface area contributed by atoms with Crippen LogP contribution >= 0.6 is 11.6 Å². The zero-order valence-electron chi connectivity index (χ0n) is 11.6. The van der Waals surface area contributed by atoms with Crippen LogP contribution in [-0.4, -0.2) is 13.2 Å². The topological polar surface area (TPSA) is 44.5 Å². The number of hydrogen-bond acceptors (Lipinski definition) is 3. The van der Waals surface area contributed by atoms with Gasteiger partial charge in [-0.1, -0.05) is 25.4 Å². The SMILES string of the molecule is CC(C)CCC(N)c1cc2c(cc1Cl)OCCCO2. The quantitative estimate of drug-likeness (QED) is 0.910. The second-order valence-electron chi connectivity index (χ2n) is 5.45. The van der Waals surface area contributed by atoms with Crippen molar-refractivity contribution in [3.05, 3.63) is 22.7 Å². The van der Waals surface area contributed by atoms with Gasteiger partial charge >= 0.3 is 0 Å². The van der Waals surface area contributed by atoms with Crippen LogP contribution in [0.25, 0.3) is 0 Å². The molecule has 106 valence electrons. The van der Waals surface area contributed by atoms with Crippen molar-refractivity contribution in [2.75, 3.05) is 13.2 Å². The van der Waals surface area contributed by atoms with Gasteiger partial charge in [-0.15, -0.1) is 0 Å². The molecule has 0 aromatic heterocycles. The number of fused-ring (bicyclic) bond motifs is 1. The van der Waals surface area contributed by atoms with Crippen molar-refractivity contribution in [3.63, 3.8) is 0 Å². The largest absolute Gasteiger partial charge is 0.490 e. The van der Waals surface area contributed by atoms with Crippen LogP contribution in [0.2, 0.25) is 5.02 Å². The van der Waals surface area contributed by atoms with Crippen LogP contribution in [0.1, 0.15) is 44.7 Å². The molecule has 0 saturated heterocycles. The summed E-state index contributed by atoms with van der Waals surface area (Å²) in [4.78, 5) is 0. The third kappa shape index (κ3) is 3.77. The van der Waals surface area contributed by atoms with Crippen LogP contribution in [0.5, 0.6) is 11.5 Å². The molecular weight excluding hydrogens is 262 g/mol. The van der Waals surface area contributed by atoms with Crippen molar-refractivity contribution >= 4 is 11.6 Å². The van der Waals surface area contributed by atoms with Crippen molar-refractivity contribution in [2.24, 2.45) is 11.7 Å². The Morgan fingerprint density at radius 3 is 2.42 bits per heavy atom. The maximum atomic E-state index is 6.31. The molecular formula is C15H22ClNO2. The summed E-state index contributed by atoms with van der Waals surface area (Å²) in [5.74, 6) is 2.13. The van der Waals surface area contributed by atoms with Gasteiger partial charge in [-0.2, -0.15) is 0 Å². The minimum atomic E-state index is -0.0490. The Morgan fingerprint density at radius 1 is 1.16 bits per heavy atom. The Hall–Kier alpha value is -0.930. The van der Waals surface area contributed by atoms with Gasteiger partial charge in [0.15, 0.2) is 11.5 Å². The molecule has 1 unspecified atom stereocenters. The molecule has 0 fully saturated rings. The normalized spacial score (nSPS) is 16.3. The van der Waals surface area contributed by atoms with Crippen LogP contribution in [0.3, 0.4) is 0 Å². The fraction of sp³-hybridized carbons (Fsp3) is 0.600. The van der Waals surface area contributed by atoms with E-state index < -0.39 is 0 Å². The Bertz CT molecular complexity index is 434. The highest BCUT2D eigenvalue weighted by atomic mass is 35.5. The Labute approximate surface area is 120 Å². The van der Waals surface area contributed by atoms with Crippen molar-refractivity contribution in [1.82, 2.24) is 0 Å². The first-order valence-electron chi connectivity index (χ1n) is 6.92. The fourth-order valence-corrected chi connectivity index (χ4v) is 2.45. The van der Waals surface area contributed by atoms with E-state index in [1.54, 1.807) is 0 Å². The highest BCUT2D eigenvalue weighted by molar-refractivity contribution is 6.31. The zero-order chi connectivity index (χ0) is 13.8. The van der Waals surface area contributed by atoms with Gasteiger partial charge in [0.1, 0.15) is 0 Å². The summed E-state index contributed by atoms with van der Waals surface area (Å²) in [6.07, 6.45) is 2.91. The van der Waals surface area contributed by atoms with Gasteiger partial charge in [0.2, 0.25) is 0 Å². The number of nitrogens with two attached hydrogens (primary N) is 1. The molecule has 0 saturated carbocycles. The van der Waals surface area contributed by atoms with E-state index in [1.165, 1.54) is 0 Å². The van der Waals surface area contributed by atoms with Gasteiger partial charge < -0.3 is 15.2 Å². The van der Waals surface area contributed by atoms with Crippen molar-refractivity contribution in [2.45, 2.75) is 39.2 Å². The third-order valence-electron chi connectivity index (χ3n) is 3.32. The molecule has 1 heterocycles. The number of rotatable bonds is 4. The molecule has 1 aliphatic heterocycles. The van der Waals surface area contributed by atoms with E-state index in [0.717, 1.165) is 36.3 Å².